The zero-order chi connectivity index (χ0) is 9.26. The SMILES string of the molecule is O[C@@H]1CCCOc2cc(Cl)ccc21. The second kappa shape index (κ2) is 3.56. The van der Waals surface area contributed by atoms with Gasteiger partial charge in [-0.05, 0) is 25.0 Å². The fraction of sp³-hybridized carbons (Fsp3) is 0.400. The minimum atomic E-state index is -0.408. The quantitative estimate of drug-likeness (QED) is 0.694. The first-order valence-electron chi connectivity index (χ1n) is 4.37. The van der Waals surface area contributed by atoms with E-state index in [-0.39, 0.29) is 0 Å². The smallest absolute Gasteiger partial charge is 0.126 e. The molecule has 1 aliphatic heterocycles. The molecule has 2 nitrogen and oxygen atoms in total. The number of ether oxygens (including phenoxy) is 1. The van der Waals surface area contributed by atoms with Crippen molar-refractivity contribution in [1.29, 1.82) is 0 Å². The molecule has 1 aliphatic rings. The minimum absolute atomic E-state index is 0.408. The zero-order valence-electron chi connectivity index (χ0n) is 7.16. The minimum Gasteiger partial charge on any atom is -0.493 e. The van der Waals surface area contributed by atoms with Gasteiger partial charge in [-0.1, -0.05) is 17.7 Å². The van der Waals surface area contributed by atoms with Gasteiger partial charge >= 0.3 is 0 Å². The number of halogens is 1. The third-order valence-corrected chi connectivity index (χ3v) is 2.45. The highest BCUT2D eigenvalue weighted by atomic mass is 35.5. The molecule has 1 heterocycles. The number of rotatable bonds is 0. The summed E-state index contributed by atoms with van der Waals surface area (Å²) in [6.45, 7) is 0.657. The summed E-state index contributed by atoms with van der Waals surface area (Å²) in [5.74, 6) is 0.720. The van der Waals surface area contributed by atoms with Crippen LogP contribution >= 0.6 is 11.6 Å². The molecular formula is C10H11ClO2. The Labute approximate surface area is 82.1 Å². The van der Waals surface area contributed by atoms with Gasteiger partial charge in [0.25, 0.3) is 0 Å². The molecule has 0 spiro atoms. The molecule has 0 saturated heterocycles. The van der Waals surface area contributed by atoms with Gasteiger partial charge in [0.2, 0.25) is 0 Å². The average Bonchev–Trinajstić information content (AvgIpc) is 2.28. The van der Waals surface area contributed by atoms with Crippen molar-refractivity contribution in [3.63, 3.8) is 0 Å². The van der Waals surface area contributed by atoms with Crippen molar-refractivity contribution >= 4 is 11.6 Å². The van der Waals surface area contributed by atoms with E-state index in [0.717, 1.165) is 24.2 Å². The topological polar surface area (TPSA) is 29.5 Å². The first-order chi connectivity index (χ1) is 6.27. The Bertz CT molecular complexity index is 312. The maximum Gasteiger partial charge on any atom is 0.126 e. The number of benzene rings is 1. The lowest BCUT2D eigenvalue weighted by atomic mass is 10.1. The van der Waals surface area contributed by atoms with E-state index in [1.165, 1.54) is 0 Å². The van der Waals surface area contributed by atoms with Gasteiger partial charge in [0.1, 0.15) is 5.75 Å². The Hall–Kier alpha value is -0.730. The van der Waals surface area contributed by atoms with Crippen LogP contribution in [0.4, 0.5) is 0 Å². The monoisotopic (exact) mass is 198 g/mol. The second-order valence-corrected chi connectivity index (χ2v) is 3.63. The van der Waals surface area contributed by atoms with Gasteiger partial charge in [0, 0.05) is 10.6 Å². The van der Waals surface area contributed by atoms with Crippen LogP contribution in [-0.2, 0) is 0 Å². The summed E-state index contributed by atoms with van der Waals surface area (Å²) in [5, 5.41) is 10.4. The van der Waals surface area contributed by atoms with Crippen LogP contribution in [0, 0.1) is 0 Å². The fourth-order valence-corrected chi connectivity index (χ4v) is 1.68. The molecule has 13 heavy (non-hydrogen) atoms. The van der Waals surface area contributed by atoms with E-state index in [0.29, 0.717) is 11.6 Å². The highest BCUT2D eigenvalue weighted by Gasteiger charge is 2.16. The van der Waals surface area contributed by atoms with Crippen LogP contribution in [0.1, 0.15) is 24.5 Å². The molecule has 0 radical (unpaired) electrons. The van der Waals surface area contributed by atoms with Crippen molar-refractivity contribution in [2.45, 2.75) is 18.9 Å². The average molecular weight is 199 g/mol. The maximum absolute atomic E-state index is 9.71. The van der Waals surface area contributed by atoms with Gasteiger partial charge in [0.15, 0.2) is 0 Å². The Balaban J connectivity index is 2.42. The number of aliphatic hydroxyl groups is 1. The van der Waals surface area contributed by atoms with E-state index < -0.39 is 6.10 Å². The van der Waals surface area contributed by atoms with Gasteiger partial charge in [-0.2, -0.15) is 0 Å². The second-order valence-electron chi connectivity index (χ2n) is 3.19. The summed E-state index contributed by atoms with van der Waals surface area (Å²) in [7, 11) is 0. The predicted molar refractivity (Wildman–Crippen MR) is 51.1 cm³/mol. The van der Waals surface area contributed by atoms with Crippen LogP contribution in [0.2, 0.25) is 5.02 Å². The highest BCUT2D eigenvalue weighted by Crippen LogP contribution is 2.33. The molecule has 3 heteroatoms. The summed E-state index contributed by atoms with van der Waals surface area (Å²) in [6, 6.07) is 5.36. The van der Waals surface area contributed by atoms with Crippen LogP contribution in [0.3, 0.4) is 0 Å². The number of hydrogen-bond acceptors (Lipinski definition) is 2. The van der Waals surface area contributed by atoms with Crippen LogP contribution in [0.15, 0.2) is 18.2 Å². The van der Waals surface area contributed by atoms with Crippen LogP contribution in [-0.4, -0.2) is 11.7 Å². The summed E-state index contributed by atoms with van der Waals surface area (Å²) >= 11 is 5.82. The van der Waals surface area contributed by atoms with E-state index in [2.05, 4.69) is 0 Å². The number of fused-ring (bicyclic) bond motifs is 1. The molecule has 0 bridgehead atoms. The van der Waals surface area contributed by atoms with Crippen molar-refractivity contribution in [2.75, 3.05) is 6.61 Å². The molecule has 0 unspecified atom stereocenters. The first-order valence-corrected chi connectivity index (χ1v) is 4.75. The Morgan fingerprint density at radius 2 is 2.31 bits per heavy atom. The largest absolute Gasteiger partial charge is 0.493 e. The number of aliphatic hydroxyl groups excluding tert-OH is 1. The lowest BCUT2D eigenvalue weighted by molar-refractivity contribution is 0.167. The first kappa shape index (κ1) is 8.85. The van der Waals surface area contributed by atoms with E-state index in [1.807, 2.05) is 6.07 Å². The molecule has 0 aromatic heterocycles. The van der Waals surface area contributed by atoms with E-state index in [1.54, 1.807) is 12.1 Å². The Morgan fingerprint density at radius 1 is 1.46 bits per heavy atom. The van der Waals surface area contributed by atoms with Crippen LogP contribution < -0.4 is 4.74 Å². The molecule has 0 fully saturated rings. The third-order valence-electron chi connectivity index (χ3n) is 2.21. The standard InChI is InChI=1S/C10H11ClO2/c11-7-3-4-8-9(12)2-1-5-13-10(8)6-7/h3-4,6,9,12H,1-2,5H2/t9-/m1/s1. The van der Waals surface area contributed by atoms with Gasteiger partial charge < -0.3 is 9.84 Å². The van der Waals surface area contributed by atoms with Gasteiger partial charge in [-0.15, -0.1) is 0 Å². The van der Waals surface area contributed by atoms with Crippen molar-refractivity contribution in [3.8, 4) is 5.75 Å². The van der Waals surface area contributed by atoms with Crippen LogP contribution in [0.25, 0.3) is 0 Å². The molecule has 1 aromatic rings. The molecule has 0 aliphatic carbocycles. The Morgan fingerprint density at radius 3 is 3.15 bits per heavy atom. The summed E-state index contributed by atoms with van der Waals surface area (Å²) in [5.41, 5.74) is 0.849. The number of hydrogen-bond donors (Lipinski definition) is 1. The van der Waals surface area contributed by atoms with E-state index >= 15 is 0 Å². The summed E-state index contributed by atoms with van der Waals surface area (Å²) < 4.78 is 5.46. The molecule has 2 rings (SSSR count). The summed E-state index contributed by atoms with van der Waals surface area (Å²) in [6.07, 6.45) is 1.23. The van der Waals surface area contributed by atoms with E-state index in [4.69, 9.17) is 16.3 Å². The van der Waals surface area contributed by atoms with Gasteiger partial charge in [0.05, 0.1) is 12.7 Å². The van der Waals surface area contributed by atoms with E-state index in [9.17, 15) is 5.11 Å². The lowest BCUT2D eigenvalue weighted by Gasteiger charge is -2.10. The lowest BCUT2D eigenvalue weighted by Crippen LogP contribution is -1.95. The van der Waals surface area contributed by atoms with Crippen LogP contribution in [0.5, 0.6) is 5.75 Å². The molecule has 1 N–H and O–H groups in total. The fourth-order valence-electron chi connectivity index (χ4n) is 1.52. The highest BCUT2D eigenvalue weighted by molar-refractivity contribution is 6.30. The van der Waals surface area contributed by atoms with Crippen molar-refractivity contribution in [1.82, 2.24) is 0 Å². The normalized spacial score (nSPS) is 21.5. The molecular weight excluding hydrogens is 188 g/mol. The van der Waals surface area contributed by atoms with Gasteiger partial charge in [-0.3, -0.25) is 0 Å². The molecule has 1 aromatic carbocycles. The zero-order valence-corrected chi connectivity index (χ0v) is 7.92. The Kier molecular flexibility index (Phi) is 2.42. The molecule has 0 amide bonds. The molecule has 0 saturated carbocycles. The van der Waals surface area contributed by atoms with Gasteiger partial charge in [-0.25, -0.2) is 0 Å². The van der Waals surface area contributed by atoms with Crippen molar-refractivity contribution in [3.05, 3.63) is 28.8 Å². The third kappa shape index (κ3) is 1.79. The van der Waals surface area contributed by atoms with Crippen molar-refractivity contribution < 1.29 is 9.84 Å². The molecule has 1 atom stereocenters. The molecule has 70 valence electrons. The summed E-state index contributed by atoms with van der Waals surface area (Å²) in [4.78, 5) is 0. The maximum atomic E-state index is 9.71. The van der Waals surface area contributed by atoms with Crippen molar-refractivity contribution in [2.24, 2.45) is 0 Å². The predicted octanol–water partition coefficient (Wildman–Crippen LogP) is 2.55.